The van der Waals surface area contributed by atoms with Crippen LogP contribution in [0.2, 0.25) is 5.02 Å². The highest BCUT2D eigenvalue weighted by Crippen LogP contribution is 2.26. The van der Waals surface area contributed by atoms with E-state index in [0.29, 0.717) is 23.2 Å². The van der Waals surface area contributed by atoms with Crippen LogP contribution in [0.25, 0.3) is 0 Å². The van der Waals surface area contributed by atoms with Crippen molar-refractivity contribution >= 4 is 11.6 Å². The van der Waals surface area contributed by atoms with Crippen LogP contribution in [0.4, 0.5) is 4.39 Å². The van der Waals surface area contributed by atoms with Crippen molar-refractivity contribution in [2.75, 3.05) is 32.7 Å². The molecule has 1 heterocycles. The molecule has 0 amide bonds. The zero-order valence-corrected chi connectivity index (χ0v) is 12.9. The van der Waals surface area contributed by atoms with Crippen LogP contribution in [0.15, 0.2) is 18.2 Å². The highest BCUT2D eigenvalue weighted by atomic mass is 35.5. The fourth-order valence-corrected chi connectivity index (χ4v) is 2.97. The van der Waals surface area contributed by atoms with Crippen molar-refractivity contribution in [1.29, 1.82) is 0 Å². The number of halogens is 2. The first-order chi connectivity index (χ1) is 9.52. The molecule has 1 aliphatic rings. The van der Waals surface area contributed by atoms with Crippen LogP contribution in [-0.2, 0) is 0 Å². The smallest absolute Gasteiger partial charge is 0.129 e. The predicted octanol–water partition coefficient (Wildman–Crippen LogP) is 2.50. The highest BCUT2D eigenvalue weighted by molar-refractivity contribution is 6.30. The minimum absolute atomic E-state index is 0.0680. The van der Waals surface area contributed by atoms with Gasteiger partial charge in [0.25, 0.3) is 0 Å². The molecule has 0 spiro atoms. The fourth-order valence-electron chi connectivity index (χ4n) is 2.81. The van der Waals surface area contributed by atoms with Gasteiger partial charge in [-0.05, 0) is 26.0 Å². The summed E-state index contributed by atoms with van der Waals surface area (Å²) in [5.74, 6) is -0.265. The van der Waals surface area contributed by atoms with Crippen molar-refractivity contribution in [3.05, 3.63) is 34.6 Å². The third-order valence-electron chi connectivity index (χ3n) is 4.06. The van der Waals surface area contributed by atoms with E-state index >= 15 is 0 Å². The van der Waals surface area contributed by atoms with Crippen LogP contribution in [0.5, 0.6) is 0 Å². The van der Waals surface area contributed by atoms with Crippen LogP contribution in [0.1, 0.15) is 25.5 Å². The molecule has 0 bridgehead atoms. The molecular formula is C15H23ClFN3. The third-order valence-corrected chi connectivity index (χ3v) is 4.30. The van der Waals surface area contributed by atoms with Gasteiger partial charge in [0.05, 0.1) is 6.04 Å². The topological polar surface area (TPSA) is 32.5 Å². The Labute approximate surface area is 125 Å². The Kier molecular flexibility index (Phi) is 5.38. The molecule has 1 saturated heterocycles. The van der Waals surface area contributed by atoms with Gasteiger partial charge in [-0.25, -0.2) is 4.39 Å². The maximum atomic E-state index is 14.1. The van der Waals surface area contributed by atoms with Crippen LogP contribution < -0.4 is 5.73 Å². The van der Waals surface area contributed by atoms with E-state index < -0.39 is 0 Å². The zero-order chi connectivity index (χ0) is 14.7. The number of nitrogens with zero attached hydrogens (tertiary/aromatic N) is 2. The molecule has 1 atom stereocenters. The Bertz CT molecular complexity index is 445. The highest BCUT2D eigenvalue weighted by Gasteiger charge is 2.26. The van der Waals surface area contributed by atoms with Gasteiger partial charge in [0.1, 0.15) is 5.82 Å². The second kappa shape index (κ2) is 6.85. The van der Waals surface area contributed by atoms with Gasteiger partial charge >= 0.3 is 0 Å². The van der Waals surface area contributed by atoms with E-state index in [2.05, 4.69) is 23.6 Å². The summed E-state index contributed by atoms with van der Waals surface area (Å²) in [6, 6.07) is 5.34. The number of piperazine rings is 1. The monoisotopic (exact) mass is 299 g/mol. The van der Waals surface area contributed by atoms with Crippen molar-refractivity contribution in [2.24, 2.45) is 5.73 Å². The molecule has 2 rings (SSSR count). The van der Waals surface area contributed by atoms with Gasteiger partial charge in [-0.15, -0.1) is 0 Å². The molecule has 20 heavy (non-hydrogen) atoms. The van der Waals surface area contributed by atoms with Gasteiger partial charge < -0.3 is 5.73 Å². The van der Waals surface area contributed by atoms with Crippen molar-refractivity contribution in [3.63, 3.8) is 0 Å². The van der Waals surface area contributed by atoms with Crippen LogP contribution >= 0.6 is 11.6 Å². The quantitative estimate of drug-likeness (QED) is 0.927. The summed E-state index contributed by atoms with van der Waals surface area (Å²) in [5, 5.41) is 0.423. The lowest BCUT2D eigenvalue weighted by Crippen LogP contribution is -2.51. The standard InChI is InChI=1S/C15H23ClFN3/c1-11(2)19-5-7-20(8-6-19)15(10-18)13-4-3-12(16)9-14(13)17/h3-4,9,11,15H,5-8,10,18H2,1-2H3. The van der Waals surface area contributed by atoms with Crippen molar-refractivity contribution < 1.29 is 4.39 Å². The normalized spacial score (nSPS) is 19.5. The van der Waals surface area contributed by atoms with E-state index in [-0.39, 0.29) is 11.9 Å². The van der Waals surface area contributed by atoms with E-state index in [1.165, 1.54) is 6.07 Å². The maximum absolute atomic E-state index is 14.1. The summed E-state index contributed by atoms with van der Waals surface area (Å²) >= 11 is 5.81. The molecule has 1 aromatic rings. The van der Waals surface area contributed by atoms with Crippen molar-refractivity contribution in [2.45, 2.75) is 25.9 Å². The van der Waals surface area contributed by atoms with Gasteiger partial charge in [0, 0.05) is 49.4 Å². The molecule has 1 aromatic carbocycles. The predicted molar refractivity (Wildman–Crippen MR) is 81.5 cm³/mol. The molecule has 2 N–H and O–H groups in total. The van der Waals surface area contributed by atoms with Gasteiger partial charge in [0.2, 0.25) is 0 Å². The zero-order valence-electron chi connectivity index (χ0n) is 12.1. The molecule has 1 fully saturated rings. The Morgan fingerprint density at radius 2 is 1.80 bits per heavy atom. The van der Waals surface area contributed by atoms with Crippen molar-refractivity contribution in [3.8, 4) is 0 Å². The van der Waals surface area contributed by atoms with E-state index in [4.69, 9.17) is 17.3 Å². The molecule has 1 unspecified atom stereocenters. The second-order valence-corrected chi connectivity index (χ2v) is 6.02. The minimum Gasteiger partial charge on any atom is -0.329 e. The summed E-state index contributed by atoms with van der Waals surface area (Å²) in [5.41, 5.74) is 6.53. The first kappa shape index (κ1) is 15.7. The van der Waals surface area contributed by atoms with Crippen molar-refractivity contribution in [1.82, 2.24) is 9.80 Å². The van der Waals surface area contributed by atoms with Gasteiger partial charge in [-0.2, -0.15) is 0 Å². The number of hydrogen-bond acceptors (Lipinski definition) is 3. The van der Waals surface area contributed by atoms with Crippen LogP contribution in [0, 0.1) is 5.82 Å². The van der Waals surface area contributed by atoms with Gasteiger partial charge in [-0.1, -0.05) is 17.7 Å². The lowest BCUT2D eigenvalue weighted by molar-refractivity contribution is 0.0791. The largest absolute Gasteiger partial charge is 0.329 e. The molecule has 0 saturated carbocycles. The second-order valence-electron chi connectivity index (χ2n) is 5.58. The molecule has 112 valence electrons. The molecular weight excluding hydrogens is 277 g/mol. The summed E-state index contributed by atoms with van der Waals surface area (Å²) < 4.78 is 14.1. The Hall–Kier alpha value is -0.680. The van der Waals surface area contributed by atoms with Gasteiger partial charge in [0.15, 0.2) is 0 Å². The van der Waals surface area contributed by atoms with Crippen LogP contribution in [-0.4, -0.2) is 48.6 Å². The SMILES string of the molecule is CC(C)N1CCN(C(CN)c2ccc(Cl)cc2F)CC1. The molecule has 0 radical (unpaired) electrons. The summed E-state index contributed by atoms with van der Waals surface area (Å²) in [4.78, 5) is 4.70. The molecule has 5 heteroatoms. The average Bonchev–Trinajstić information content (AvgIpc) is 2.42. The van der Waals surface area contributed by atoms with Gasteiger partial charge in [-0.3, -0.25) is 9.80 Å². The molecule has 0 aliphatic carbocycles. The van der Waals surface area contributed by atoms with E-state index in [1.807, 2.05) is 0 Å². The fraction of sp³-hybridized carbons (Fsp3) is 0.600. The number of hydrogen-bond donors (Lipinski definition) is 1. The number of nitrogens with two attached hydrogens (primary N) is 1. The molecule has 1 aliphatic heterocycles. The third kappa shape index (κ3) is 3.50. The van der Waals surface area contributed by atoms with E-state index in [1.54, 1.807) is 12.1 Å². The van der Waals surface area contributed by atoms with E-state index in [0.717, 1.165) is 26.2 Å². The Balaban J connectivity index is 2.09. The minimum atomic E-state index is -0.265. The lowest BCUT2D eigenvalue weighted by Gasteiger charge is -2.40. The van der Waals surface area contributed by atoms with Crippen LogP contribution in [0.3, 0.4) is 0 Å². The average molecular weight is 300 g/mol. The van der Waals surface area contributed by atoms with E-state index in [9.17, 15) is 4.39 Å². The lowest BCUT2D eigenvalue weighted by atomic mass is 10.0. The summed E-state index contributed by atoms with van der Waals surface area (Å²) in [6.45, 7) is 8.67. The summed E-state index contributed by atoms with van der Waals surface area (Å²) in [6.07, 6.45) is 0. The Morgan fingerprint density at radius 1 is 1.20 bits per heavy atom. The number of benzene rings is 1. The first-order valence-corrected chi connectivity index (χ1v) is 7.54. The Morgan fingerprint density at radius 3 is 2.30 bits per heavy atom. The number of rotatable bonds is 4. The first-order valence-electron chi connectivity index (χ1n) is 7.16. The summed E-state index contributed by atoms with van der Waals surface area (Å²) in [7, 11) is 0. The maximum Gasteiger partial charge on any atom is 0.129 e. The molecule has 0 aromatic heterocycles. The molecule has 3 nitrogen and oxygen atoms in total.